The molecule has 0 saturated heterocycles. The summed E-state index contributed by atoms with van der Waals surface area (Å²) in [6.07, 6.45) is 2.34. The van der Waals surface area contributed by atoms with E-state index < -0.39 is 5.60 Å². The first-order chi connectivity index (χ1) is 9.19. The van der Waals surface area contributed by atoms with Gasteiger partial charge in [0.15, 0.2) is 0 Å². The van der Waals surface area contributed by atoms with E-state index in [0.717, 1.165) is 19.3 Å². The maximum Gasteiger partial charge on any atom is 0.407 e. The van der Waals surface area contributed by atoms with Crippen LogP contribution in [0.1, 0.15) is 53.9 Å². The maximum absolute atomic E-state index is 11.8. The molecule has 3 atom stereocenters. The van der Waals surface area contributed by atoms with Gasteiger partial charge in [-0.3, -0.25) is 0 Å². The highest BCUT2D eigenvalue weighted by atomic mass is 16.6. The molecule has 3 N–H and O–H groups in total. The van der Waals surface area contributed by atoms with Gasteiger partial charge in [-0.15, -0.1) is 0 Å². The van der Waals surface area contributed by atoms with Crippen LogP contribution >= 0.6 is 0 Å². The first kappa shape index (κ1) is 17.2. The van der Waals surface area contributed by atoms with E-state index in [-0.39, 0.29) is 30.2 Å². The van der Waals surface area contributed by atoms with E-state index in [1.807, 2.05) is 34.6 Å². The Morgan fingerprint density at radius 2 is 1.90 bits per heavy atom. The molecule has 20 heavy (non-hydrogen) atoms. The third kappa shape index (κ3) is 6.09. The summed E-state index contributed by atoms with van der Waals surface area (Å²) in [5, 5.41) is 16.1. The van der Waals surface area contributed by atoms with Crippen molar-refractivity contribution in [3.05, 3.63) is 0 Å². The van der Waals surface area contributed by atoms with Crippen LogP contribution in [0, 0.1) is 5.92 Å². The molecule has 3 unspecified atom stereocenters. The van der Waals surface area contributed by atoms with Crippen molar-refractivity contribution >= 4 is 6.09 Å². The molecule has 5 heteroatoms. The monoisotopic (exact) mass is 286 g/mol. The Bertz CT molecular complexity index is 313. The van der Waals surface area contributed by atoms with Crippen molar-refractivity contribution in [2.75, 3.05) is 6.54 Å². The van der Waals surface area contributed by atoms with Gasteiger partial charge in [0.05, 0.1) is 6.10 Å². The number of carbonyl (C=O) groups excluding carboxylic acids is 1. The third-order valence-corrected chi connectivity index (χ3v) is 3.58. The fourth-order valence-corrected chi connectivity index (χ4v) is 2.34. The molecule has 0 aliphatic heterocycles. The molecule has 0 aromatic rings. The first-order valence-electron chi connectivity index (χ1n) is 7.60. The molecule has 0 aromatic carbocycles. The van der Waals surface area contributed by atoms with Crippen LogP contribution < -0.4 is 10.6 Å². The van der Waals surface area contributed by atoms with Crippen LogP contribution in [-0.4, -0.2) is 41.5 Å². The summed E-state index contributed by atoms with van der Waals surface area (Å²) in [5.74, 6) is 0.237. The molecule has 0 spiro atoms. The number of hydrogen-bond donors (Lipinski definition) is 3. The van der Waals surface area contributed by atoms with Crippen molar-refractivity contribution in [1.29, 1.82) is 0 Å². The summed E-state index contributed by atoms with van der Waals surface area (Å²) < 4.78 is 5.28. The van der Waals surface area contributed by atoms with E-state index >= 15 is 0 Å². The van der Waals surface area contributed by atoms with Crippen molar-refractivity contribution in [3.63, 3.8) is 0 Å². The first-order valence-corrected chi connectivity index (χ1v) is 7.60. The van der Waals surface area contributed by atoms with Gasteiger partial charge in [-0.1, -0.05) is 13.8 Å². The number of alkyl carbamates (subject to hydrolysis) is 1. The van der Waals surface area contributed by atoms with Gasteiger partial charge in [-0.25, -0.2) is 4.79 Å². The van der Waals surface area contributed by atoms with Gasteiger partial charge in [0.1, 0.15) is 5.60 Å². The fraction of sp³-hybridized carbons (Fsp3) is 0.933. The molecule has 118 valence electrons. The lowest BCUT2D eigenvalue weighted by Crippen LogP contribution is -2.49. The number of hydrogen-bond acceptors (Lipinski definition) is 4. The van der Waals surface area contributed by atoms with Gasteiger partial charge in [0, 0.05) is 18.6 Å². The predicted octanol–water partition coefficient (Wildman–Crippen LogP) is 2.04. The molecule has 5 nitrogen and oxygen atoms in total. The molecular formula is C15H30N2O3. The summed E-state index contributed by atoms with van der Waals surface area (Å²) >= 11 is 0. The van der Waals surface area contributed by atoms with Gasteiger partial charge in [-0.2, -0.15) is 0 Å². The molecule has 1 amide bonds. The second-order valence-corrected chi connectivity index (χ2v) is 7.01. The zero-order chi connectivity index (χ0) is 15.3. The Balaban J connectivity index is 2.39. The van der Waals surface area contributed by atoms with Crippen LogP contribution in [0.15, 0.2) is 0 Å². The number of carbonyl (C=O) groups is 1. The second-order valence-electron chi connectivity index (χ2n) is 7.01. The molecule has 1 saturated carbocycles. The molecule has 1 aliphatic carbocycles. The fourth-order valence-electron chi connectivity index (χ4n) is 2.34. The van der Waals surface area contributed by atoms with Crippen molar-refractivity contribution in [3.8, 4) is 0 Å². The molecule has 0 heterocycles. The number of amides is 1. The van der Waals surface area contributed by atoms with Crippen LogP contribution in [0.2, 0.25) is 0 Å². The molecule has 0 bridgehead atoms. The predicted molar refractivity (Wildman–Crippen MR) is 79.6 cm³/mol. The smallest absolute Gasteiger partial charge is 0.407 e. The SMILES string of the molecule is CC(C)C(O)CNC1CCCC1NC(=O)OC(C)(C)C. The minimum atomic E-state index is -0.473. The minimum absolute atomic E-state index is 0.0872. The molecule has 0 radical (unpaired) electrons. The van der Waals surface area contributed by atoms with Crippen LogP contribution in [0.4, 0.5) is 4.79 Å². The Morgan fingerprint density at radius 3 is 2.45 bits per heavy atom. The van der Waals surface area contributed by atoms with Gasteiger partial charge < -0.3 is 20.5 Å². The van der Waals surface area contributed by atoms with Crippen LogP contribution in [0.25, 0.3) is 0 Å². The van der Waals surface area contributed by atoms with E-state index in [4.69, 9.17) is 4.74 Å². The molecule has 1 fully saturated rings. The van der Waals surface area contributed by atoms with E-state index in [1.165, 1.54) is 0 Å². The molecule has 1 rings (SSSR count). The van der Waals surface area contributed by atoms with Gasteiger partial charge in [0.25, 0.3) is 0 Å². The quantitative estimate of drug-likeness (QED) is 0.723. The largest absolute Gasteiger partial charge is 0.444 e. The summed E-state index contributed by atoms with van der Waals surface area (Å²) in [6, 6.07) is 0.306. The minimum Gasteiger partial charge on any atom is -0.444 e. The van der Waals surface area contributed by atoms with Crippen molar-refractivity contribution in [1.82, 2.24) is 10.6 Å². The number of nitrogens with one attached hydrogen (secondary N) is 2. The highest BCUT2D eigenvalue weighted by Crippen LogP contribution is 2.20. The average molecular weight is 286 g/mol. The Kier molecular flexibility index (Phi) is 6.27. The van der Waals surface area contributed by atoms with Crippen molar-refractivity contribution in [2.45, 2.75) is 77.7 Å². The van der Waals surface area contributed by atoms with Crippen molar-refractivity contribution in [2.24, 2.45) is 5.92 Å². The number of aliphatic hydroxyl groups is 1. The van der Waals surface area contributed by atoms with Gasteiger partial charge in [0.2, 0.25) is 0 Å². The Morgan fingerprint density at radius 1 is 1.30 bits per heavy atom. The van der Waals surface area contributed by atoms with Crippen LogP contribution in [-0.2, 0) is 4.74 Å². The standard InChI is InChI=1S/C15H30N2O3/c1-10(2)13(18)9-16-11-7-6-8-12(11)17-14(19)20-15(3,4)5/h10-13,16,18H,6-9H2,1-5H3,(H,17,19). The number of aliphatic hydroxyl groups excluding tert-OH is 1. The summed E-state index contributed by atoms with van der Waals surface area (Å²) in [6.45, 7) is 10.1. The Labute approximate surface area is 122 Å². The zero-order valence-corrected chi connectivity index (χ0v) is 13.4. The third-order valence-electron chi connectivity index (χ3n) is 3.58. The number of ether oxygens (including phenoxy) is 1. The second kappa shape index (κ2) is 7.27. The highest BCUT2D eigenvalue weighted by Gasteiger charge is 2.30. The lowest BCUT2D eigenvalue weighted by atomic mass is 10.1. The molecule has 1 aliphatic rings. The summed E-state index contributed by atoms with van der Waals surface area (Å²) in [4.78, 5) is 11.8. The molecular weight excluding hydrogens is 256 g/mol. The van der Waals surface area contributed by atoms with Crippen molar-refractivity contribution < 1.29 is 14.6 Å². The highest BCUT2D eigenvalue weighted by molar-refractivity contribution is 5.68. The van der Waals surface area contributed by atoms with E-state index in [0.29, 0.717) is 6.54 Å². The molecule has 0 aromatic heterocycles. The summed E-state index contributed by atoms with van der Waals surface area (Å²) in [7, 11) is 0. The van der Waals surface area contributed by atoms with E-state index in [9.17, 15) is 9.90 Å². The average Bonchev–Trinajstić information content (AvgIpc) is 2.70. The lowest BCUT2D eigenvalue weighted by molar-refractivity contribution is 0.0495. The maximum atomic E-state index is 11.8. The normalized spacial score (nSPS) is 24.8. The zero-order valence-electron chi connectivity index (χ0n) is 13.4. The topological polar surface area (TPSA) is 70.6 Å². The van der Waals surface area contributed by atoms with Gasteiger partial charge >= 0.3 is 6.09 Å². The van der Waals surface area contributed by atoms with E-state index in [2.05, 4.69) is 10.6 Å². The van der Waals surface area contributed by atoms with Gasteiger partial charge in [-0.05, 0) is 46.0 Å². The lowest BCUT2D eigenvalue weighted by Gasteiger charge is -2.26. The van der Waals surface area contributed by atoms with Crippen LogP contribution in [0.3, 0.4) is 0 Å². The van der Waals surface area contributed by atoms with Crippen LogP contribution in [0.5, 0.6) is 0 Å². The number of rotatable bonds is 5. The van der Waals surface area contributed by atoms with E-state index in [1.54, 1.807) is 0 Å². The Hall–Kier alpha value is -0.810. The summed E-state index contributed by atoms with van der Waals surface area (Å²) in [5.41, 5.74) is -0.473.